The van der Waals surface area contributed by atoms with Crippen molar-refractivity contribution in [2.75, 3.05) is 19.0 Å². The summed E-state index contributed by atoms with van der Waals surface area (Å²) in [5, 5.41) is 6.71. The quantitative estimate of drug-likeness (QED) is 0.439. The maximum absolute atomic E-state index is 12.0. The van der Waals surface area contributed by atoms with Gasteiger partial charge in [-0.15, -0.1) is 0 Å². The van der Waals surface area contributed by atoms with Crippen LogP contribution in [0.2, 0.25) is 5.02 Å². The Morgan fingerprint density at radius 1 is 1.21 bits per heavy atom. The lowest BCUT2D eigenvalue weighted by Gasteiger charge is -2.11. The van der Waals surface area contributed by atoms with Gasteiger partial charge in [0.25, 0.3) is 0 Å². The van der Waals surface area contributed by atoms with Gasteiger partial charge in [-0.05, 0) is 55.7 Å². The van der Waals surface area contributed by atoms with Crippen LogP contribution in [-0.4, -0.2) is 31.7 Å². The van der Waals surface area contributed by atoms with Crippen molar-refractivity contribution in [3.63, 3.8) is 0 Å². The molecule has 148 valence electrons. The lowest BCUT2D eigenvalue weighted by atomic mass is 10.1. The number of hydrogen-bond acceptors (Lipinski definition) is 5. The largest absolute Gasteiger partial charge is 0.493 e. The van der Waals surface area contributed by atoms with E-state index in [0.717, 1.165) is 11.1 Å². The number of nitrogens with zero attached hydrogens (tertiary/aromatic N) is 1. The first-order valence-corrected chi connectivity index (χ1v) is 8.96. The highest BCUT2D eigenvalue weighted by Crippen LogP contribution is 2.35. The van der Waals surface area contributed by atoms with Gasteiger partial charge in [-0.3, -0.25) is 9.59 Å². The van der Waals surface area contributed by atoms with Crippen molar-refractivity contribution in [1.82, 2.24) is 5.43 Å². The highest BCUT2D eigenvalue weighted by atomic mass is 35.5. The molecule has 2 rings (SSSR count). The zero-order valence-electron chi connectivity index (χ0n) is 16.1. The Morgan fingerprint density at radius 2 is 1.96 bits per heavy atom. The Labute approximate surface area is 168 Å². The molecule has 0 aliphatic rings. The second kappa shape index (κ2) is 9.75. The lowest BCUT2D eigenvalue weighted by molar-refractivity contribution is -0.136. The molecule has 0 saturated heterocycles. The third kappa shape index (κ3) is 5.23. The fourth-order valence-electron chi connectivity index (χ4n) is 2.38. The Balaban J connectivity index is 2.03. The predicted octanol–water partition coefficient (Wildman–Crippen LogP) is 3.45. The first-order valence-electron chi connectivity index (χ1n) is 8.58. The molecule has 2 aromatic carbocycles. The average Bonchev–Trinajstić information content (AvgIpc) is 2.67. The molecule has 0 aliphatic heterocycles. The highest BCUT2D eigenvalue weighted by Gasteiger charge is 2.15. The summed E-state index contributed by atoms with van der Waals surface area (Å²) in [5.74, 6) is -0.829. The van der Waals surface area contributed by atoms with Crippen LogP contribution in [0.1, 0.15) is 23.6 Å². The number of methoxy groups -OCH3 is 1. The van der Waals surface area contributed by atoms with E-state index in [-0.39, 0.29) is 0 Å². The zero-order chi connectivity index (χ0) is 20.7. The van der Waals surface area contributed by atoms with Gasteiger partial charge in [0.05, 0.1) is 25.0 Å². The summed E-state index contributed by atoms with van der Waals surface area (Å²) in [6, 6.07) is 8.72. The van der Waals surface area contributed by atoms with E-state index in [1.165, 1.54) is 13.3 Å². The summed E-state index contributed by atoms with van der Waals surface area (Å²) in [6.07, 6.45) is 1.35. The van der Waals surface area contributed by atoms with Crippen molar-refractivity contribution in [2.24, 2.45) is 5.10 Å². The number of carbonyl (C=O) groups is 2. The summed E-state index contributed by atoms with van der Waals surface area (Å²) < 4.78 is 10.7. The van der Waals surface area contributed by atoms with Crippen LogP contribution in [0.4, 0.5) is 5.69 Å². The summed E-state index contributed by atoms with van der Waals surface area (Å²) in [6.45, 7) is 6.06. The molecule has 2 N–H and O–H groups in total. The zero-order valence-corrected chi connectivity index (χ0v) is 16.9. The topological polar surface area (TPSA) is 89.0 Å². The molecule has 7 nitrogen and oxygen atoms in total. The number of hydrazone groups is 1. The minimum Gasteiger partial charge on any atom is -0.493 e. The van der Waals surface area contributed by atoms with Crippen molar-refractivity contribution >= 4 is 35.3 Å². The number of halogens is 1. The Morgan fingerprint density at radius 3 is 2.64 bits per heavy atom. The molecule has 2 amide bonds. The Kier molecular flexibility index (Phi) is 7.40. The molecule has 0 bridgehead atoms. The predicted molar refractivity (Wildman–Crippen MR) is 109 cm³/mol. The maximum Gasteiger partial charge on any atom is 0.329 e. The molecule has 8 heteroatoms. The number of carbonyl (C=O) groups excluding carboxylic acids is 2. The Bertz CT molecular complexity index is 913. The second-order valence-corrected chi connectivity index (χ2v) is 6.28. The molecule has 0 unspecified atom stereocenters. The van der Waals surface area contributed by atoms with E-state index >= 15 is 0 Å². The van der Waals surface area contributed by atoms with E-state index in [9.17, 15) is 9.59 Å². The molecular weight excluding hydrogens is 382 g/mol. The van der Waals surface area contributed by atoms with Crippen LogP contribution in [0.3, 0.4) is 0 Å². The molecule has 0 saturated carbocycles. The van der Waals surface area contributed by atoms with Gasteiger partial charge in [0.2, 0.25) is 0 Å². The molecule has 0 aliphatic carbocycles. The SMILES string of the molecule is CCOc1c(Cl)cc(/C=N\NC(=O)C(=O)Nc2cccc(C)c2C)cc1OC. The normalized spacial score (nSPS) is 10.6. The third-order valence-corrected chi connectivity index (χ3v) is 4.26. The van der Waals surface area contributed by atoms with Crippen LogP contribution >= 0.6 is 11.6 Å². The monoisotopic (exact) mass is 403 g/mol. The van der Waals surface area contributed by atoms with E-state index < -0.39 is 11.8 Å². The molecule has 2 aromatic rings. The van der Waals surface area contributed by atoms with Crippen LogP contribution in [0.5, 0.6) is 11.5 Å². The molecule has 0 atom stereocenters. The minimum absolute atomic E-state index is 0.349. The van der Waals surface area contributed by atoms with E-state index in [4.69, 9.17) is 21.1 Å². The van der Waals surface area contributed by atoms with Gasteiger partial charge in [-0.1, -0.05) is 23.7 Å². The molecule has 0 spiro atoms. The number of ether oxygens (including phenoxy) is 2. The van der Waals surface area contributed by atoms with Gasteiger partial charge in [-0.25, -0.2) is 5.43 Å². The van der Waals surface area contributed by atoms with Crippen molar-refractivity contribution in [3.8, 4) is 11.5 Å². The Hall–Kier alpha value is -3.06. The number of hydrogen-bond donors (Lipinski definition) is 2. The van der Waals surface area contributed by atoms with Crippen LogP contribution in [0, 0.1) is 13.8 Å². The highest BCUT2D eigenvalue weighted by molar-refractivity contribution is 6.39. The van der Waals surface area contributed by atoms with Crippen molar-refractivity contribution in [1.29, 1.82) is 0 Å². The number of anilines is 1. The minimum atomic E-state index is -0.888. The van der Waals surface area contributed by atoms with E-state index in [2.05, 4.69) is 15.8 Å². The van der Waals surface area contributed by atoms with E-state index in [1.54, 1.807) is 24.3 Å². The van der Waals surface area contributed by atoms with Gasteiger partial charge < -0.3 is 14.8 Å². The molecule has 0 heterocycles. The van der Waals surface area contributed by atoms with Gasteiger partial charge >= 0.3 is 11.8 Å². The summed E-state index contributed by atoms with van der Waals surface area (Å²) in [4.78, 5) is 24.0. The first kappa shape index (κ1) is 21.2. The number of nitrogens with one attached hydrogen (secondary N) is 2. The van der Waals surface area contributed by atoms with Crippen LogP contribution in [0.25, 0.3) is 0 Å². The standard InChI is InChI=1S/C20H22ClN3O4/c1-5-28-18-15(21)9-14(10-17(18)27-4)11-22-24-20(26)19(25)23-16-8-6-7-12(2)13(16)3/h6-11H,5H2,1-4H3,(H,23,25)(H,24,26)/b22-11-. The second-order valence-electron chi connectivity index (χ2n) is 5.87. The van der Waals surface area contributed by atoms with Crippen LogP contribution in [0.15, 0.2) is 35.4 Å². The van der Waals surface area contributed by atoms with Gasteiger partial charge in [0, 0.05) is 5.69 Å². The fraction of sp³-hybridized carbons (Fsp3) is 0.250. The number of benzene rings is 2. The molecule has 28 heavy (non-hydrogen) atoms. The van der Waals surface area contributed by atoms with Gasteiger partial charge in [-0.2, -0.15) is 5.10 Å². The summed E-state index contributed by atoms with van der Waals surface area (Å²) in [5.41, 5.74) is 5.23. The summed E-state index contributed by atoms with van der Waals surface area (Å²) >= 11 is 6.18. The fourth-order valence-corrected chi connectivity index (χ4v) is 2.65. The average molecular weight is 404 g/mol. The number of aryl methyl sites for hydroxylation is 1. The first-order chi connectivity index (χ1) is 13.4. The summed E-state index contributed by atoms with van der Waals surface area (Å²) in [7, 11) is 1.49. The third-order valence-electron chi connectivity index (χ3n) is 3.98. The maximum atomic E-state index is 12.0. The van der Waals surface area contributed by atoms with Crippen molar-refractivity contribution in [3.05, 3.63) is 52.0 Å². The van der Waals surface area contributed by atoms with Crippen molar-refractivity contribution in [2.45, 2.75) is 20.8 Å². The molecule has 0 radical (unpaired) electrons. The lowest BCUT2D eigenvalue weighted by Crippen LogP contribution is -2.32. The molecule has 0 aromatic heterocycles. The smallest absolute Gasteiger partial charge is 0.329 e. The van der Waals surface area contributed by atoms with Crippen LogP contribution < -0.4 is 20.2 Å². The van der Waals surface area contributed by atoms with Gasteiger partial charge in [0.1, 0.15) is 0 Å². The number of rotatable bonds is 6. The van der Waals surface area contributed by atoms with E-state index in [1.807, 2.05) is 26.8 Å². The van der Waals surface area contributed by atoms with Crippen molar-refractivity contribution < 1.29 is 19.1 Å². The van der Waals surface area contributed by atoms with E-state index in [0.29, 0.717) is 34.4 Å². The molecular formula is C20H22ClN3O4. The molecule has 0 fully saturated rings. The van der Waals surface area contributed by atoms with Gasteiger partial charge in [0.15, 0.2) is 11.5 Å². The van der Waals surface area contributed by atoms with Crippen LogP contribution in [-0.2, 0) is 9.59 Å². The number of amides is 2.